The van der Waals surface area contributed by atoms with Crippen LogP contribution in [0.4, 0.5) is 5.69 Å². The highest BCUT2D eigenvalue weighted by Gasteiger charge is 2.17. The zero-order chi connectivity index (χ0) is 20.0. The predicted octanol–water partition coefficient (Wildman–Crippen LogP) is 2.17. The summed E-state index contributed by atoms with van der Waals surface area (Å²) in [6, 6.07) is 5.76. The molecule has 2 aromatic rings. The number of nitrogens with one attached hydrogen (secondary N) is 1. The van der Waals surface area contributed by atoms with E-state index in [9.17, 15) is 14.9 Å². The molecule has 27 heavy (non-hydrogen) atoms. The van der Waals surface area contributed by atoms with Gasteiger partial charge in [-0.05, 0) is 13.0 Å². The molecule has 0 unspecified atom stereocenters. The molecule has 1 aromatic heterocycles. The number of hydrazone groups is 1. The van der Waals surface area contributed by atoms with Crippen molar-refractivity contribution in [2.75, 3.05) is 21.3 Å². The van der Waals surface area contributed by atoms with E-state index in [-0.39, 0.29) is 11.4 Å². The van der Waals surface area contributed by atoms with E-state index in [0.717, 1.165) is 6.20 Å². The van der Waals surface area contributed by atoms with Crippen LogP contribution in [0.25, 0.3) is 0 Å². The number of nitro groups is 1. The van der Waals surface area contributed by atoms with Crippen LogP contribution in [-0.4, -0.2) is 42.9 Å². The molecule has 0 bridgehead atoms. The Hall–Kier alpha value is -3.69. The van der Waals surface area contributed by atoms with Crippen LogP contribution in [0.5, 0.6) is 17.2 Å². The molecule has 1 amide bonds. The van der Waals surface area contributed by atoms with Gasteiger partial charge in [-0.25, -0.2) is 10.4 Å². The van der Waals surface area contributed by atoms with Gasteiger partial charge in [0.1, 0.15) is 29.1 Å². The topological polar surface area (TPSA) is 125 Å². The number of aromatic nitrogens is 1. The van der Waals surface area contributed by atoms with Crippen molar-refractivity contribution in [3.05, 3.63) is 51.8 Å². The molecule has 0 saturated heterocycles. The molecule has 142 valence electrons. The molecule has 10 nitrogen and oxygen atoms in total. The molecule has 0 radical (unpaired) electrons. The molecule has 0 saturated carbocycles. The van der Waals surface area contributed by atoms with E-state index in [0.29, 0.717) is 28.5 Å². The quantitative estimate of drug-likeness (QED) is 0.447. The molecule has 1 aromatic carbocycles. The van der Waals surface area contributed by atoms with E-state index >= 15 is 0 Å². The van der Waals surface area contributed by atoms with Gasteiger partial charge in [0.05, 0.1) is 37.5 Å². The summed E-state index contributed by atoms with van der Waals surface area (Å²) in [5.74, 6) is 0.834. The molecule has 2 rings (SSSR count). The summed E-state index contributed by atoms with van der Waals surface area (Å²) in [5, 5.41) is 14.7. The number of carbonyl (C=O) groups excluding carboxylic acids is 1. The number of hydrogen-bond donors (Lipinski definition) is 1. The van der Waals surface area contributed by atoms with Crippen LogP contribution >= 0.6 is 0 Å². The highest BCUT2D eigenvalue weighted by Crippen LogP contribution is 2.34. The maximum Gasteiger partial charge on any atom is 0.289 e. The minimum atomic E-state index is -0.615. The molecule has 0 aliphatic rings. The molecule has 0 atom stereocenters. The summed E-state index contributed by atoms with van der Waals surface area (Å²) >= 11 is 0. The standard InChI is InChI=1S/C17H18N4O6/c1-10(16-14(26-3)7-12(25-2)8-15(16)27-4)19-20-17(22)13-6-5-11(9-18-13)21(23)24/h5-9H,1-4H3,(H,20,22). The smallest absolute Gasteiger partial charge is 0.289 e. The van der Waals surface area contributed by atoms with Crippen LogP contribution in [0.1, 0.15) is 23.0 Å². The van der Waals surface area contributed by atoms with E-state index in [1.165, 1.54) is 33.5 Å². The van der Waals surface area contributed by atoms with Crippen LogP contribution < -0.4 is 19.6 Å². The monoisotopic (exact) mass is 374 g/mol. The van der Waals surface area contributed by atoms with Crippen LogP contribution in [0.15, 0.2) is 35.6 Å². The fourth-order valence-corrected chi connectivity index (χ4v) is 2.24. The molecule has 0 aliphatic heterocycles. The highest BCUT2D eigenvalue weighted by molar-refractivity contribution is 6.04. The molecule has 0 aliphatic carbocycles. The molecular formula is C17H18N4O6. The van der Waals surface area contributed by atoms with E-state index in [4.69, 9.17) is 14.2 Å². The van der Waals surface area contributed by atoms with Crippen molar-refractivity contribution in [1.29, 1.82) is 0 Å². The SMILES string of the molecule is COc1cc(OC)c(C(C)=NNC(=O)c2ccc([N+](=O)[O-])cn2)c(OC)c1. The zero-order valence-corrected chi connectivity index (χ0v) is 15.2. The molecular weight excluding hydrogens is 356 g/mol. The first-order valence-corrected chi connectivity index (χ1v) is 7.66. The van der Waals surface area contributed by atoms with Gasteiger partial charge in [0.2, 0.25) is 0 Å². The number of carbonyl (C=O) groups is 1. The minimum absolute atomic E-state index is 0.00851. The maximum atomic E-state index is 12.1. The third-order valence-corrected chi connectivity index (χ3v) is 3.59. The zero-order valence-electron chi connectivity index (χ0n) is 15.2. The van der Waals surface area contributed by atoms with Crippen molar-refractivity contribution >= 4 is 17.3 Å². The van der Waals surface area contributed by atoms with Gasteiger partial charge in [-0.15, -0.1) is 0 Å². The molecule has 1 N–H and O–H groups in total. The van der Waals surface area contributed by atoms with Crippen LogP contribution in [-0.2, 0) is 0 Å². The second kappa shape index (κ2) is 8.61. The third kappa shape index (κ3) is 4.48. The average molecular weight is 374 g/mol. The number of nitrogens with zero attached hydrogens (tertiary/aromatic N) is 3. The van der Waals surface area contributed by atoms with Crippen molar-refractivity contribution < 1.29 is 23.9 Å². The fraction of sp³-hybridized carbons (Fsp3) is 0.235. The Kier molecular flexibility index (Phi) is 6.26. The number of amides is 1. The van der Waals surface area contributed by atoms with Crippen molar-refractivity contribution in [3.63, 3.8) is 0 Å². The first-order valence-electron chi connectivity index (χ1n) is 7.66. The van der Waals surface area contributed by atoms with E-state index < -0.39 is 10.8 Å². The minimum Gasteiger partial charge on any atom is -0.496 e. The van der Waals surface area contributed by atoms with Gasteiger partial charge in [0.15, 0.2) is 0 Å². The van der Waals surface area contributed by atoms with Gasteiger partial charge in [0, 0.05) is 18.2 Å². The highest BCUT2D eigenvalue weighted by atomic mass is 16.6. The number of ether oxygens (including phenoxy) is 3. The molecule has 0 fully saturated rings. The predicted molar refractivity (Wildman–Crippen MR) is 96.7 cm³/mol. The van der Waals surface area contributed by atoms with Crippen LogP contribution in [0, 0.1) is 10.1 Å². The lowest BCUT2D eigenvalue weighted by Gasteiger charge is -2.14. The normalized spacial score (nSPS) is 10.9. The van der Waals surface area contributed by atoms with Crippen molar-refractivity contribution in [1.82, 2.24) is 10.4 Å². The van der Waals surface area contributed by atoms with Crippen molar-refractivity contribution in [2.45, 2.75) is 6.92 Å². The van der Waals surface area contributed by atoms with Gasteiger partial charge in [-0.1, -0.05) is 0 Å². The summed E-state index contributed by atoms with van der Waals surface area (Å²) in [7, 11) is 4.50. The van der Waals surface area contributed by atoms with Crippen molar-refractivity contribution in [3.8, 4) is 17.2 Å². The second-order valence-corrected chi connectivity index (χ2v) is 5.20. The number of hydrogen-bond acceptors (Lipinski definition) is 8. The number of rotatable bonds is 7. The molecule has 0 spiro atoms. The Bertz CT molecular complexity index is 854. The van der Waals surface area contributed by atoms with E-state index in [2.05, 4.69) is 15.5 Å². The summed E-state index contributed by atoms with van der Waals surface area (Å²) in [6.07, 6.45) is 1.00. The number of benzene rings is 1. The Labute approximate surface area is 154 Å². The van der Waals surface area contributed by atoms with Crippen LogP contribution in [0.2, 0.25) is 0 Å². The lowest BCUT2D eigenvalue weighted by Crippen LogP contribution is -2.20. The Morgan fingerprint density at radius 2 is 1.78 bits per heavy atom. The van der Waals surface area contributed by atoms with Gasteiger partial charge in [-0.2, -0.15) is 5.10 Å². The van der Waals surface area contributed by atoms with Gasteiger partial charge in [0.25, 0.3) is 11.6 Å². The number of pyridine rings is 1. The first kappa shape index (κ1) is 19.6. The summed E-state index contributed by atoms with van der Waals surface area (Å²) in [6.45, 7) is 1.66. The van der Waals surface area contributed by atoms with Crippen molar-refractivity contribution in [2.24, 2.45) is 5.10 Å². The maximum absolute atomic E-state index is 12.1. The second-order valence-electron chi connectivity index (χ2n) is 5.20. The van der Waals surface area contributed by atoms with Gasteiger partial charge < -0.3 is 14.2 Å². The fourth-order valence-electron chi connectivity index (χ4n) is 2.24. The first-order chi connectivity index (χ1) is 12.9. The lowest BCUT2D eigenvalue weighted by atomic mass is 10.1. The molecule has 10 heteroatoms. The van der Waals surface area contributed by atoms with E-state index in [1.807, 2.05) is 0 Å². The lowest BCUT2D eigenvalue weighted by molar-refractivity contribution is -0.385. The summed E-state index contributed by atoms with van der Waals surface area (Å²) in [4.78, 5) is 25.9. The van der Waals surface area contributed by atoms with Crippen LogP contribution in [0.3, 0.4) is 0 Å². The summed E-state index contributed by atoms with van der Waals surface area (Å²) < 4.78 is 15.9. The number of methoxy groups -OCH3 is 3. The Balaban J connectivity index is 2.26. The third-order valence-electron chi connectivity index (χ3n) is 3.59. The average Bonchev–Trinajstić information content (AvgIpc) is 2.70. The largest absolute Gasteiger partial charge is 0.496 e. The Morgan fingerprint density at radius 1 is 1.15 bits per heavy atom. The molecule has 1 heterocycles. The summed E-state index contributed by atoms with van der Waals surface area (Å²) in [5.41, 5.74) is 3.09. The van der Waals surface area contributed by atoms with E-state index in [1.54, 1.807) is 19.1 Å². The Morgan fingerprint density at radius 3 is 2.22 bits per heavy atom. The van der Waals surface area contributed by atoms with Gasteiger partial charge in [-0.3, -0.25) is 14.9 Å². The van der Waals surface area contributed by atoms with Gasteiger partial charge >= 0.3 is 0 Å².